The van der Waals surface area contributed by atoms with Crippen LogP contribution in [0.25, 0.3) is 0 Å². The third-order valence-corrected chi connectivity index (χ3v) is 4.18. The number of benzene rings is 2. The quantitative estimate of drug-likeness (QED) is 0.677. The highest BCUT2D eigenvalue weighted by molar-refractivity contribution is 6.06. The fraction of sp³-hybridized carbons (Fsp3) is 0.286. The Kier molecular flexibility index (Phi) is 6.87. The molecule has 148 valence electrons. The number of nitrogens with one attached hydrogen (secondary N) is 2. The molecule has 0 heterocycles. The normalized spacial score (nSPS) is 11.8. The van der Waals surface area contributed by atoms with Crippen molar-refractivity contribution < 1.29 is 23.9 Å². The molecule has 0 spiro atoms. The number of anilines is 1. The fourth-order valence-electron chi connectivity index (χ4n) is 2.67. The first kappa shape index (κ1) is 21.1. The molecular weight excluding hydrogens is 363 g/mol. The van der Waals surface area contributed by atoms with Gasteiger partial charge in [0.2, 0.25) is 0 Å². The summed E-state index contributed by atoms with van der Waals surface area (Å²) in [4.78, 5) is 36.1. The third kappa shape index (κ3) is 5.39. The summed E-state index contributed by atoms with van der Waals surface area (Å²) >= 11 is 0. The Morgan fingerprint density at radius 1 is 1.07 bits per heavy atom. The van der Waals surface area contributed by atoms with E-state index in [1.165, 1.54) is 30.3 Å². The minimum absolute atomic E-state index is 0.0926. The molecule has 2 aromatic rings. The highest BCUT2D eigenvalue weighted by Crippen LogP contribution is 2.19. The summed E-state index contributed by atoms with van der Waals surface area (Å²) in [5, 5.41) is 14.4. The molecule has 0 aromatic heterocycles. The molecule has 0 aliphatic carbocycles. The van der Waals surface area contributed by atoms with Crippen molar-refractivity contribution in [3.05, 3.63) is 65.0 Å². The van der Waals surface area contributed by atoms with Crippen molar-refractivity contribution in [3.63, 3.8) is 0 Å². The number of aliphatic carboxylic acids is 1. The van der Waals surface area contributed by atoms with Gasteiger partial charge in [-0.05, 0) is 49.1 Å². The van der Waals surface area contributed by atoms with Gasteiger partial charge < -0.3 is 15.7 Å². The minimum Gasteiger partial charge on any atom is -0.480 e. The molecule has 0 bridgehead atoms. The number of halogens is 1. The van der Waals surface area contributed by atoms with Gasteiger partial charge in [0.15, 0.2) is 0 Å². The van der Waals surface area contributed by atoms with Gasteiger partial charge >= 0.3 is 5.97 Å². The first-order valence-electron chi connectivity index (χ1n) is 8.89. The SMILES string of the molecule is Cc1ccc(C(=O)N[C@H](CC(C)C)C(=O)O)cc1NC(=O)c1ccccc1F. The summed E-state index contributed by atoms with van der Waals surface area (Å²) in [5.41, 5.74) is 1.11. The number of carboxylic acid groups (broad SMARTS) is 1. The van der Waals surface area contributed by atoms with Gasteiger partial charge in [-0.15, -0.1) is 0 Å². The van der Waals surface area contributed by atoms with Crippen molar-refractivity contribution >= 4 is 23.5 Å². The van der Waals surface area contributed by atoms with E-state index in [1.807, 2.05) is 13.8 Å². The molecule has 0 saturated heterocycles. The summed E-state index contributed by atoms with van der Waals surface area (Å²) < 4.78 is 13.8. The predicted octanol–water partition coefficient (Wildman–Crippen LogP) is 3.62. The molecule has 1 atom stereocenters. The van der Waals surface area contributed by atoms with E-state index in [9.17, 15) is 23.9 Å². The number of hydrogen-bond acceptors (Lipinski definition) is 3. The molecule has 2 rings (SSSR count). The van der Waals surface area contributed by atoms with Crippen LogP contribution in [-0.2, 0) is 4.79 Å². The van der Waals surface area contributed by atoms with Crippen LogP contribution in [0, 0.1) is 18.7 Å². The molecule has 28 heavy (non-hydrogen) atoms. The van der Waals surface area contributed by atoms with E-state index in [1.54, 1.807) is 19.1 Å². The second-order valence-electron chi connectivity index (χ2n) is 6.96. The zero-order valence-electron chi connectivity index (χ0n) is 16.0. The molecule has 0 unspecified atom stereocenters. The number of carboxylic acids is 1. The van der Waals surface area contributed by atoms with Crippen molar-refractivity contribution in [3.8, 4) is 0 Å². The Bertz CT molecular complexity index is 896. The third-order valence-electron chi connectivity index (χ3n) is 4.18. The van der Waals surface area contributed by atoms with Gasteiger partial charge in [0.25, 0.3) is 11.8 Å². The maximum atomic E-state index is 13.8. The minimum atomic E-state index is -1.11. The van der Waals surface area contributed by atoms with E-state index in [4.69, 9.17) is 0 Å². The van der Waals surface area contributed by atoms with Crippen LogP contribution in [0.15, 0.2) is 42.5 Å². The monoisotopic (exact) mass is 386 g/mol. The van der Waals surface area contributed by atoms with Crippen molar-refractivity contribution in [2.75, 3.05) is 5.32 Å². The molecule has 0 aliphatic heterocycles. The summed E-state index contributed by atoms with van der Waals surface area (Å²) in [7, 11) is 0. The maximum Gasteiger partial charge on any atom is 0.326 e. The highest BCUT2D eigenvalue weighted by Gasteiger charge is 2.22. The molecule has 7 heteroatoms. The van der Waals surface area contributed by atoms with Crippen LogP contribution in [0.3, 0.4) is 0 Å². The second kappa shape index (κ2) is 9.12. The van der Waals surface area contributed by atoms with Crippen LogP contribution in [0.5, 0.6) is 0 Å². The van der Waals surface area contributed by atoms with Gasteiger partial charge in [-0.3, -0.25) is 9.59 Å². The van der Waals surface area contributed by atoms with Gasteiger partial charge in [-0.25, -0.2) is 9.18 Å². The van der Waals surface area contributed by atoms with Crippen LogP contribution >= 0.6 is 0 Å². The van der Waals surface area contributed by atoms with Crippen LogP contribution in [0.1, 0.15) is 46.5 Å². The Morgan fingerprint density at radius 2 is 1.75 bits per heavy atom. The van der Waals surface area contributed by atoms with E-state index in [-0.39, 0.29) is 17.0 Å². The summed E-state index contributed by atoms with van der Waals surface area (Å²) in [5.74, 6) is -2.86. The van der Waals surface area contributed by atoms with E-state index in [0.717, 1.165) is 0 Å². The Hall–Kier alpha value is -3.22. The number of hydrogen-bond donors (Lipinski definition) is 3. The van der Waals surface area contributed by atoms with Gasteiger partial charge in [0, 0.05) is 11.3 Å². The molecule has 2 amide bonds. The van der Waals surface area contributed by atoms with Crippen LogP contribution < -0.4 is 10.6 Å². The maximum absolute atomic E-state index is 13.8. The van der Waals surface area contributed by atoms with Crippen molar-refractivity contribution in [1.29, 1.82) is 0 Å². The summed E-state index contributed by atoms with van der Waals surface area (Å²) in [6.45, 7) is 5.46. The average molecular weight is 386 g/mol. The molecule has 0 saturated carbocycles. The van der Waals surface area contributed by atoms with E-state index >= 15 is 0 Å². The number of aryl methyl sites for hydroxylation is 1. The van der Waals surface area contributed by atoms with Gasteiger partial charge in [-0.1, -0.05) is 32.0 Å². The van der Waals surface area contributed by atoms with Crippen molar-refractivity contribution in [1.82, 2.24) is 5.32 Å². The van der Waals surface area contributed by atoms with Gasteiger partial charge in [-0.2, -0.15) is 0 Å². The molecule has 2 aromatic carbocycles. The predicted molar refractivity (Wildman–Crippen MR) is 104 cm³/mol. The molecule has 6 nitrogen and oxygen atoms in total. The zero-order valence-corrected chi connectivity index (χ0v) is 16.0. The molecule has 0 radical (unpaired) electrons. The first-order chi connectivity index (χ1) is 13.2. The number of rotatable bonds is 7. The Balaban J connectivity index is 2.20. The van der Waals surface area contributed by atoms with Crippen LogP contribution in [-0.4, -0.2) is 28.9 Å². The Labute approximate surface area is 162 Å². The lowest BCUT2D eigenvalue weighted by molar-refractivity contribution is -0.139. The van der Waals surface area contributed by atoms with Crippen molar-refractivity contribution in [2.24, 2.45) is 5.92 Å². The summed E-state index contributed by atoms with van der Waals surface area (Å²) in [6.07, 6.45) is 0.295. The highest BCUT2D eigenvalue weighted by atomic mass is 19.1. The molecule has 3 N–H and O–H groups in total. The lowest BCUT2D eigenvalue weighted by Gasteiger charge is -2.17. The number of carbonyl (C=O) groups is 3. The average Bonchev–Trinajstić information content (AvgIpc) is 2.62. The van der Waals surface area contributed by atoms with Gasteiger partial charge in [0.1, 0.15) is 11.9 Å². The summed E-state index contributed by atoms with van der Waals surface area (Å²) in [6, 6.07) is 9.19. The fourth-order valence-corrected chi connectivity index (χ4v) is 2.67. The second-order valence-corrected chi connectivity index (χ2v) is 6.96. The van der Waals surface area contributed by atoms with E-state index in [0.29, 0.717) is 17.7 Å². The van der Waals surface area contributed by atoms with E-state index < -0.39 is 29.6 Å². The van der Waals surface area contributed by atoms with Crippen LogP contribution in [0.2, 0.25) is 0 Å². The molecule has 0 fully saturated rings. The number of carbonyl (C=O) groups excluding carboxylic acids is 2. The topological polar surface area (TPSA) is 95.5 Å². The van der Waals surface area contributed by atoms with Crippen molar-refractivity contribution in [2.45, 2.75) is 33.2 Å². The molecular formula is C21H23FN2O4. The number of amides is 2. The first-order valence-corrected chi connectivity index (χ1v) is 8.89. The lowest BCUT2D eigenvalue weighted by atomic mass is 10.0. The van der Waals surface area contributed by atoms with Gasteiger partial charge in [0.05, 0.1) is 5.56 Å². The Morgan fingerprint density at radius 3 is 2.36 bits per heavy atom. The lowest BCUT2D eigenvalue weighted by Crippen LogP contribution is -2.41. The van der Waals surface area contributed by atoms with E-state index in [2.05, 4.69) is 10.6 Å². The largest absolute Gasteiger partial charge is 0.480 e. The standard InChI is InChI=1S/C21H23FN2O4/c1-12(2)10-18(21(27)28)24-19(25)14-9-8-13(3)17(11-14)23-20(26)15-6-4-5-7-16(15)22/h4-9,11-12,18H,10H2,1-3H3,(H,23,26)(H,24,25)(H,27,28)/t18-/m1/s1. The molecule has 0 aliphatic rings. The smallest absolute Gasteiger partial charge is 0.326 e. The zero-order chi connectivity index (χ0) is 20.8. The van der Waals surface area contributed by atoms with Crippen LogP contribution in [0.4, 0.5) is 10.1 Å².